The van der Waals surface area contributed by atoms with Crippen molar-refractivity contribution in [3.63, 3.8) is 0 Å². The minimum absolute atomic E-state index is 0.0300. The second-order valence-electron chi connectivity index (χ2n) is 5.16. The summed E-state index contributed by atoms with van der Waals surface area (Å²) in [4.78, 5) is 7.04. The monoisotopic (exact) mass is 266 g/mol. The number of aliphatic imine (C=N–C) groups is 1. The Labute approximate surface area is 116 Å². The van der Waals surface area contributed by atoms with Crippen LogP contribution in [0, 0.1) is 12.3 Å². The molecule has 1 aliphatic rings. The van der Waals surface area contributed by atoms with Gasteiger partial charge >= 0.3 is 0 Å². The van der Waals surface area contributed by atoms with Crippen LogP contribution in [0.4, 0.5) is 0 Å². The Balaban J connectivity index is 2.55. The van der Waals surface area contributed by atoms with Gasteiger partial charge in [0.25, 0.3) is 0 Å². The lowest BCUT2D eigenvalue weighted by Crippen LogP contribution is -2.52. The highest BCUT2D eigenvalue weighted by Crippen LogP contribution is 2.16. The molecular formula is C14H26N4O. The Bertz CT molecular complexity index is 327. The van der Waals surface area contributed by atoms with Crippen LogP contribution < -0.4 is 10.6 Å². The number of terminal acetylenes is 1. The molecule has 0 aromatic heterocycles. The van der Waals surface area contributed by atoms with Gasteiger partial charge in [-0.1, -0.05) is 5.92 Å². The summed E-state index contributed by atoms with van der Waals surface area (Å²) >= 11 is 0. The normalized spacial score (nSPS) is 17.9. The molecule has 5 heteroatoms. The van der Waals surface area contributed by atoms with Gasteiger partial charge in [0.1, 0.15) is 0 Å². The minimum Gasteiger partial charge on any atom is -0.379 e. The van der Waals surface area contributed by atoms with Crippen LogP contribution in [0.3, 0.4) is 0 Å². The molecule has 0 bridgehead atoms. The molecular weight excluding hydrogens is 240 g/mol. The van der Waals surface area contributed by atoms with Crippen molar-refractivity contribution in [3.8, 4) is 12.3 Å². The molecule has 2 N–H and O–H groups in total. The average molecular weight is 266 g/mol. The predicted molar refractivity (Wildman–Crippen MR) is 79.3 cm³/mol. The largest absolute Gasteiger partial charge is 0.379 e. The van der Waals surface area contributed by atoms with E-state index in [2.05, 4.69) is 40.3 Å². The maximum absolute atomic E-state index is 5.39. The molecule has 0 unspecified atom stereocenters. The van der Waals surface area contributed by atoms with Gasteiger partial charge in [-0.3, -0.25) is 9.89 Å². The van der Waals surface area contributed by atoms with Crippen LogP contribution in [0.2, 0.25) is 0 Å². The number of nitrogens with zero attached hydrogens (tertiary/aromatic N) is 2. The molecule has 1 saturated heterocycles. The van der Waals surface area contributed by atoms with E-state index in [1.165, 1.54) is 0 Å². The van der Waals surface area contributed by atoms with Gasteiger partial charge in [-0.05, 0) is 20.8 Å². The van der Waals surface area contributed by atoms with E-state index >= 15 is 0 Å². The van der Waals surface area contributed by atoms with Gasteiger partial charge in [0, 0.05) is 25.2 Å². The third-order valence-corrected chi connectivity index (χ3v) is 3.19. The summed E-state index contributed by atoms with van der Waals surface area (Å²) in [5.74, 6) is 3.34. The quantitative estimate of drug-likeness (QED) is 0.426. The Morgan fingerprint density at radius 3 is 2.63 bits per heavy atom. The fourth-order valence-corrected chi connectivity index (χ4v) is 2.02. The number of nitrogens with one attached hydrogen (secondary N) is 2. The first-order valence-electron chi connectivity index (χ1n) is 6.88. The van der Waals surface area contributed by atoms with Gasteiger partial charge in [0.05, 0.1) is 26.3 Å². The van der Waals surface area contributed by atoms with Gasteiger partial charge in [-0.25, -0.2) is 0 Å². The number of rotatable bonds is 5. The molecule has 0 aromatic rings. The third-order valence-electron chi connectivity index (χ3n) is 3.19. The van der Waals surface area contributed by atoms with Crippen molar-refractivity contribution in [2.45, 2.75) is 26.3 Å². The van der Waals surface area contributed by atoms with Crippen LogP contribution in [0.15, 0.2) is 4.99 Å². The molecule has 0 aliphatic carbocycles. The predicted octanol–water partition coefficient (Wildman–Crippen LogP) is 0.286. The summed E-state index contributed by atoms with van der Waals surface area (Å²) in [6.45, 7) is 12.1. The number of guanidine groups is 1. The summed E-state index contributed by atoms with van der Waals surface area (Å²) in [6.07, 6.45) is 5.25. The van der Waals surface area contributed by atoms with Crippen LogP contribution in [0.25, 0.3) is 0 Å². The summed E-state index contributed by atoms with van der Waals surface area (Å²) in [7, 11) is 0. The summed E-state index contributed by atoms with van der Waals surface area (Å²) < 4.78 is 5.39. The first-order valence-corrected chi connectivity index (χ1v) is 6.88. The van der Waals surface area contributed by atoms with Gasteiger partial charge in [0.2, 0.25) is 0 Å². The molecule has 0 atom stereocenters. The Hall–Kier alpha value is -1.25. The van der Waals surface area contributed by atoms with E-state index in [1.807, 2.05) is 6.92 Å². The zero-order chi connectivity index (χ0) is 14.1. The number of hydrogen-bond acceptors (Lipinski definition) is 3. The fraction of sp³-hybridized carbons (Fsp3) is 0.786. The molecule has 1 rings (SSSR count). The molecule has 1 fully saturated rings. The fourth-order valence-electron chi connectivity index (χ4n) is 2.02. The van der Waals surface area contributed by atoms with Gasteiger partial charge in [0.15, 0.2) is 5.96 Å². The topological polar surface area (TPSA) is 48.9 Å². The van der Waals surface area contributed by atoms with E-state index < -0.39 is 0 Å². The highest BCUT2D eigenvalue weighted by Gasteiger charge is 2.27. The zero-order valence-electron chi connectivity index (χ0n) is 12.3. The van der Waals surface area contributed by atoms with Crippen LogP contribution in [-0.4, -0.2) is 62.3 Å². The molecule has 0 saturated carbocycles. The lowest BCUT2D eigenvalue weighted by atomic mass is 10.0. The van der Waals surface area contributed by atoms with Crippen LogP contribution in [0.1, 0.15) is 20.8 Å². The molecule has 0 spiro atoms. The second kappa shape index (κ2) is 8.03. The van der Waals surface area contributed by atoms with Crippen molar-refractivity contribution in [1.29, 1.82) is 0 Å². The lowest BCUT2D eigenvalue weighted by molar-refractivity contribution is -0.00683. The van der Waals surface area contributed by atoms with E-state index in [1.54, 1.807) is 0 Å². The highest BCUT2D eigenvalue weighted by atomic mass is 16.5. The Morgan fingerprint density at radius 1 is 1.37 bits per heavy atom. The molecule has 0 radical (unpaired) electrons. The highest BCUT2D eigenvalue weighted by molar-refractivity contribution is 5.80. The minimum atomic E-state index is 0.0300. The first-order chi connectivity index (χ1) is 9.10. The van der Waals surface area contributed by atoms with Crippen LogP contribution in [-0.2, 0) is 4.74 Å². The van der Waals surface area contributed by atoms with E-state index in [0.717, 1.165) is 45.4 Å². The summed E-state index contributed by atoms with van der Waals surface area (Å²) in [5.41, 5.74) is 0.0300. The second-order valence-corrected chi connectivity index (χ2v) is 5.16. The molecule has 108 valence electrons. The van der Waals surface area contributed by atoms with Crippen molar-refractivity contribution in [3.05, 3.63) is 0 Å². The van der Waals surface area contributed by atoms with Crippen LogP contribution >= 0.6 is 0 Å². The molecule has 19 heavy (non-hydrogen) atoms. The SMILES string of the molecule is C#CCNC(=NCC(C)(C)N1CCOCC1)NCC. The average Bonchev–Trinajstić information content (AvgIpc) is 2.43. The van der Waals surface area contributed by atoms with E-state index in [0.29, 0.717) is 6.54 Å². The first kappa shape index (κ1) is 15.8. The smallest absolute Gasteiger partial charge is 0.192 e. The van der Waals surface area contributed by atoms with E-state index in [9.17, 15) is 0 Å². The number of hydrogen-bond donors (Lipinski definition) is 2. The van der Waals surface area contributed by atoms with Crippen molar-refractivity contribution >= 4 is 5.96 Å². The standard InChI is InChI=1S/C14H26N4O/c1-5-7-16-13(15-6-2)17-12-14(3,4)18-8-10-19-11-9-18/h1H,6-12H2,2-4H3,(H2,15,16,17). The molecule has 5 nitrogen and oxygen atoms in total. The van der Waals surface area contributed by atoms with Crippen LogP contribution in [0.5, 0.6) is 0 Å². The zero-order valence-corrected chi connectivity index (χ0v) is 12.3. The van der Waals surface area contributed by atoms with Crippen molar-refractivity contribution in [2.24, 2.45) is 4.99 Å². The van der Waals surface area contributed by atoms with Gasteiger partial charge in [-0.15, -0.1) is 6.42 Å². The van der Waals surface area contributed by atoms with Crippen molar-refractivity contribution in [2.75, 3.05) is 45.9 Å². The molecule has 1 heterocycles. The summed E-state index contributed by atoms with van der Waals surface area (Å²) in [5, 5.41) is 6.30. The third kappa shape index (κ3) is 5.50. The van der Waals surface area contributed by atoms with Gasteiger partial charge < -0.3 is 15.4 Å². The Morgan fingerprint density at radius 2 is 2.05 bits per heavy atom. The summed E-state index contributed by atoms with van der Waals surface area (Å²) in [6, 6.07) is 0. The lowest BCUT2D eigenvalue weighted by Gasteiger charge is -2.39. The number of morpholine rings is 1. The molecule has 0 amide bonds. The van der Waals surface area contributed by atoms with Crippen molar-refractivity contribution in [1.82, 2.24) is 15.5 Å². The van der Waals surface area contributed by atoms with E-state index in [4.69, 9.17) is 11.2 Å². The maximum atomic E-state index is 5.39. The molecule has 0 aromatic carbocycles. The van der Waals surface area contributed by atoms with Crippen molar-refractivity contribution < 1.29 is 4.74 Å². The Kier molecular flexibility index (Phi) is 6.68. The van der Waals surface area contributed by atoms with E-state index in [-0.39, 0.29) is 5.54 Å². The maximum Gasteiger partial charge on any atom is 0.192 e. The molecule has 1 aliphatic heterocycles. The number of ether oxygens (including phenoxy) is 1. The van der Waals surface area contributed by atoms with Gasteiger partial charge in [-0.2, -0.15) is 0 Å².